The zero-order chi connectivity index (χ0) is 8.81. The first-order chi connectivity index (χ1) is 5.88. The molecule has 2 heteroatoms. The van der Waals surface area contributed by atoms with Crippen LogP contribution < -0.4 is 9.27 Å². The lowest BCUT2D eigenvalue weighted by molar-refractivity contribution is -0.704. The molecule has 0 fully saturated rings. The topological polar surface area (TPSA) is 3.88 Å². The molecule has 74 valence electrons. The molecule has 0 radical (unpaired) electrons. The lowest BCUT2D eigenvalue weighted by Gasteiger charge is -1.99. The van der Waals surface area contributed by atoms with Gasteiger partial charge in [0, 0.05) is 25.0 Å². The Balaban J connectivity index is 0.00000144. The molecule has 1 nitrogen and oxygen atoms in total. The Morgan fingerprint density at radius 2 is 2.00 bits per heavy atom. The van der Waals surface area contributed by atoms with Gasteiger partial charge in [-0.2, -0.15) is 0 Å². The number of unbranched alkanes of at least 4 members (excludes halogenated alkanes) is 1. The van der Waals surface area contributed by atoms with Crippen molar-refractivity contribution < 1.29 is 9.27 Å². The first-order valence-electron chi connectivity index (χ1n) is 4.85. The van der Waals surface area contributed by atoms with Crippen LogP contribution in [0.25, 0.3) is 0 Å². The smallest absolute Gasteiger partial charge is 0.181 e. The number of aromatic nitrogens is 1. The van der Waals surface area contributed by atoms with E-state index in [2.05, 4.69) is 42.8 Å². The Labute approximate surface area is 79.8 Å². The average Bonchev–Trinajstić information content (AvgIpc) is 2.15. The summed E-state index contributed by atoms with van der Waals surface area (Å²) in [7, 11) is 0. The van der Waals surface area contributed by atoms with Crippen molar-refractivity contribution in [2.24, 2.45) is 0 Å². The second-order valence-electron chi connectivity index (χ2n) is 3.09. The van der Waals surface area contributed by atoms with Gasteiger partial charge in [-0.1, -0.05) is 26.3 Å². The summed E-state index contributed by atoms with van der Waals surface area (Å²) >= 11 is 0. The molecule has 1 aromatic rings. The average molecular weight is 183 g/mol. The molecule has 0 aromatic carbocycles. The summed E-state index contributed by atoms with van der Waals surface area (Å²) < 4.78 is 2.35. The maximum absolute atomic E-state index is 2.35. The van der Waals surface area contributed by atoms with Crippen LogP contribution in [-0.2, 0) is 13.0 Å². The highest BCUT2D eigenvalue weighted by atomic mass is 19.0. The number of rotatable bonds is 4. The third kappa shape index (κ3) is 3.53. The molecule has 0 unspecified atom stereocenters. The van der Waals surface area contributed by atoms with Gasteiger partial charge in [0.25, 0.3) is 0 Å². The zero-order valence-corrected chi connectivity index (χ0v) is 8.46. The van der Waals surface area contributed by atoms with Crippen LogP contribution in [0.5, 0.6) is 0 Å². The first kappa shape index (κ1) is 12.1. The molecule has 1 rings (SSSR count). The van der Waals surface area contributed by atoms with E-state index in [1.807, 2.05) is 0 Å². The highest BCUT2D eigenvalue weighted by Crippen LogP contribution is 1.94. The van der Waals surface area contributed by atoms with Gasteiger partial charge < -0.3 is 4.70 Å². The molecule has 0 aliphatic heterocycles. The first-order valence-corrected chi connectivity index (χ1v) is 4.85. The third-order valence-electron chi connectivity index (χ3n) is 2.15. The summed E-state index contributed by atoms with van der Waals surface area (Å²) in [6.07, 6.45) is 5.85. The molecule has 0 atom stereocenters. The summed E-state index contributed by atoms with van der Waals surface area (Å²) in [4.78, 5) is 0. The summed E-state index contributed by atoms with van der Waals surface area (Å²) in [5.74, 6) is 0. The van der Waals surface area contributed by atoms with Crippen molar-refractivity contribution >= 4 is 0 Å². The van der Waals surface area contributed by atoms with Gasteiger partial charge in [0.05, 0.1) is 0 Å². The van der Waals surface area contributed by atoms with Crippen LogP contribution >= 0.6 is 0 Å². The quantitative estimate of drug-likeness (QED) is 0.546. The monoisotopic (exact) mass is 183 g/mol. The molecule has 1 aromatic heterocycles. The van der Waals surface area contributed by atoms with Crippen molar-refractivity contribution in [2.45, 2.75) is 39.7 Å². The van der Waals surface area contributed by atoms with Crippen molar-refractivity contribution in [2.75, 3.05) is 0 Å². The Kier molecular flexibility index (Phi) is 6.11. The number of halogens is 1. The van der Waals surface area contributed by atoms with Crippen LogP contribution in [0.1, 0.15) is 32.4 Å². The van der Waals surface area contributed by atoms with Crippen molar-refractivity contribution in [3.63, 3.8) is 0 Å². The van der Waals surface area contributed by atoms with Gasteiger partial charge in [-0.3, -0.25) is 0 Å². The van der Waals surface area contributed by atoms with Crippen LogP contribution in [0.3, 0.4) is 0 Å². The number of hydrogen-bond donors (Lipinski definition) is 0. The largest absolute Gasteiger partial charge is 1.00 e. The lowest BCUT2D eigenvalue weighted by atomic mass is 10.2. The maximum Gasteiger partial charge on any atom is 0.181 e. The molecule has 0 amide bonds. The van der Waals surface area contributed by atoms with Crippen molar-refractivity contribution in [1.82, 2.24) is 0 Å². The molecule has 0 aliphatic carbocycles. The van der Waals surface area contributed by atoms with Gasteiger partial charge >= 0.3 is 0 Å². The predicted octanol–water partition coefficient (Wildman–Crippen LogP) is -0.659. The van der Waals surface area contributed by atoms with Crippen LogP contribution in [-0.4, -0.2) is 0 Å². The van der Waals surface area contributed by atoms with E-state index in [0.717, 1.165) is 6.42 Å². The second-order valence-corrected chi connectivity index (χ2v) is 3.09. The molecule has 0 spiro atoms. The number of hydrogen-bond acceptors (Lipinski definition) is 0. The predicted molar refractivity (Wildman–Crippen MR) is 50.9 cm³/mol. The normalized spacial score (nSPS) is 9.38. The molecule has 0 bridgehead atoms. The molecule has 0 N–H and O–H groups in total. The highest BCUT2D eigenvalue weighted by molar-refractivity contribution is 4.96. The fourth-order valence-electron chi connectivity index (χ4n) is 1.38. The number of pyridine rings is 1. The summed E-state index contributed by atoms with van der Waals surface area (Å²) in [6, 6.07) is 6.42. The maximum atomic E-state index is 2.35. The fraction of sp³-hybridized carbons (Fsp3) is 0.545. The summed E-state index contributed by atoms with van der Waals surface area (Å²) in [5.41, 5.74) is 1.44. The summed E-state index contributed by atoms with van der Waals surface area (Å²) in [5, 5.41) is 0. The Morgan fingerprint density at radius 3 is 2.62 bits per heavy atom. The minimum atomic E-state index is 0. The lowest BCUT2D eigenvalue weighted by Crippen LogP contribution is -3.00. The van der Waals surface area contributed by atoms with Crippen LogP contribution in [0.2, 0.25) is 0 Å². The van der Waals surface area contributed by atoms with E-state index in [1.165, 1.54) is 25.1 Å². The summed E-state index contributed by atoms with van der Waals surface area (Å²) in [6.45, 7) is 5.60. The molecule has 13 heavy (non-hydrogen) atoms. The standard InChI is InChI=1S/C11H18N.FH/c1-3-5-9-12-10-7-6-8-11(12)4-2;/h6-8,10H,3-5,9H2,1-2H3;1H/q+1;/p-1. The van der Waals surface area contributed by atoms with Crippen LogP contribution in [0.15, 0.2) is 24.4 Å². The van der Waals surface area contributed by atoms with Gasteiger partial charge in [0.2, 0.25) is 0 Å². The van der Waals surface area contributed by atoms with Crippen LogP contribution in [0.4, 0.5) is 0 Å². The van der Waals surface area contributed by atoms with E-state index >= 15 is 0 Å². The van der Waals surface area contributed by atoms with Gasteiger partial charge in [-0.25, -0.2) is 4.57 Å². The molecule has 0 aliphatic rings. The molecule has 1 heterocycles. The SMILES string of the molecule is CCCC[n+]1ccccc1CC.[F-]. The van der Waals surface area contributed by atoms with E-state index in [0.29, 0.717) is 0 Å². The third-order valence-corrected chi connectivity index (χ3v) is 2.15. The van der Waals surface area contributed by atoms with E-state index in [9.17, 15) is 0 Å². The minimum Gasteiger partial charge on any atom is -1.00 e. The van der Waals surface area contributed by atoms with E-state index in [4.69, 9.17) is 0 Å². The zero-order valence-electron chi connectivity index (χ0n) is 8.46. The van der Waals surface area contributed by atoms with Gasteiger partial charge in [0.1, 0.15) is 6.54 Å². The van der Waals surface area contributed by atoms with Crippen LogP contribution in [0, 0.1) is 0 Å². The highest BCUT2D eigenvalue weighted by Gasteiger charge is 2.04. The Morgan fingerprint density at radius 1 is 1.23 bits per heavy atom. The van der Waals surface area contributed by atoms with E-state index < -0.39 is 0 Å². The van der Waals surface area contributed by atoms with E-state index in [-0.39, 0.29) is 4.70 Å². The Hall–Kier alpha value is -0.920. The van der Waals surface area contributed by atoms with Gasteiger partial charge in [0.15, 0.2) is 11.9 Å². The number of nitrogens with zero attached hydrogens (tertiary/aromatic N) is 1. The fourth-order valence-corrected chi connectivity index (χ4v) is 1.38. The van der Waals surface area contributed by atoms with E-state index in [1.54, 1.807) is 0 Å². The number of aryl methyl sites for hydroxylation is 2. The molecular weight excluding hydrogens is 165 g/mol. The Bertz CT molecular complexity index is 235. The molecular formula is C11H18FN. The van der Waals surface area contributed by atoms with Crippen molar-refractivity contribution in [1.29, 1.82) is 0 Å². The minimum absolute atomic E-state index is 0. The molecule has 0 saturated carbocycles. The van der Waals surface area contributed by atoms with Gasteiger partial charge in [-0.05, 0) is 0 Å². The molecule has 0 saturated heterocycles. The van der Waals surface area contributed by atoms with Crippen molar-refractivity contribution in [3.05, 3.63) is 30.1 Å². The van der Waals surface area contributed by atoms with Gasteiger partial charge in [-0.15, -0.1) is 0 Å². The van der Waals surface area contributed by atoms with Crippen molar-refractivity contribution in [3.8, 4) is 0 Å². The second kappa shape index (κ2) is 6.58.